The minimum Gasteiger partial charge on any atom is -0.497 e. The topological polar surface area (TPSA) is 74.8 Å². The predicted molar refractivity (Wildman–Crippen MR) is 98.3 cm³/mol. The van der Waals surface area contributed by atoms with Crippen molar-refractivity contribution in [3.63, 3.8) is 0 Å². The van der Waals surface area contributed by atoms with Crippen LogP contribution in [0, 0.1) is 5.92 Å². The third-order valence-corrected chi connectivity index (χ3v) is 4.00. The Labute approximate surface area is 145 Å². The number of ether oxygens (including phenoxy) is 1. The third kappa shape index (κ3) is 7.35. The Morgan fingerprint density at radius 1 is 1.12 bits per heavy atom. The average Bonchev–Trinajstić information content (AvgIpc) is 2.63. The van der Waals surface area contributed by atoms with Crippen LogP contribution in [-0.4, -0.2) is 39.1 Å². The molecule has 1 aromatic rings. The maximum atomic E-state index is 11.9. The number of benzene rings is 1. The highest BCUT2D eigenvalue weighted by Crippen LogP contribution is 2.10. The summed E-state index contributed by atoms with van der Waals surface area (Å²) in [6.45, 7) is 5.90. The second-order valence-electron chi connectivity index (χ2n) is 5.61. The molecule has 0 aliphatic carbocycles. The Bertz CT molecular complexity index is 510. The van der Waals surface area contributed by atoms with Crippen LogP contribution in [0.2, 0.25) is 0 Å². The number of carbonyl (C=O) groups is 1. The molecule has 0 spiro atoms. The maximum Gasteiger partial charge on any atom is 0.239 e. The van der Waals surface area contributed by atoms with E-state index in [0.717, 1.165) is 30.7 Å². The number of hydrogen-bond donors (Lipinski definition) is 3. The SMILES string of the molecule is CCC(CC)CNC(=NC)NCC(=O)NCc1ccc(OC)cc1. The highest BCUT2D eigenvalue weighted by atomic mass is 16.5. The van der Waals surface area contributed by atoms with Crippen molar-refractivity contribution in [1.82, 2.24) is 16.0 Å². The molecular formula is C18H30N4O2. The van der Waals surface area contributed by atoms with E-state index < -0.39 is 0 Å². The van der Waals surface area contributed by atoms with Gasteiger partial charge in [0.15, 0.2) is 5.96 Å². The molecule has 0 atom stereocenters. The summed E-state index contributed by atoms with van der Waals surface area (Å²) in [6.07, 6.45) is 2.26. The van der Waals surface area contributed by atoms with Crippen molar-refractivity contribution >= 4 is 11.9 Å². The van der Waals surface area contributed by atoms with Crippen molar-refractivity contribution in [2.24, 2.45) is 10.9 Å². The van der Waals surface area contributed by atoms with Gasteiger partial charge in [-0.2, -0.15) is 0 Å². The Hall–Kier alpha value is -2.24. The Balaban J connectivity index is 2.30. The molecule has 0 aliphatic heterocycles. The highest BCUT2D eigenvalue weighted by Gasteiger charge is 2.07. The molecule has 134 valence electrons. The van der Waals surface area contributed by atoms with E-state index in [0.29, 0.717) is 18.4 Å². The zero-order chi connectivity index (χ0) is 17.8. The van der Waals surface area contributed by atoms with Crippen molar-refractivity contribution in [2.75, 3.05) is 27.2 Å². The quantitative estimate of drug-likeness (QED) is 0.476. The van der Waals surface area contributed by atoms with Crippen LogP contribution < -0.4 is 20.7 Å². The molecule has 1 amide bonds. The van der Waals surface area contributed by atoms with Crippen LogP contribution in [0.1, 0.15) is 32.3 Å². The fourth-order valence-electron chi connectivity index (χ4n) is 2.21. The van der Waals surface area contributed by atoms with Gasteiger partial charge in [-0.05, 0) is 23.6 Å². The standard InChI is InChI=1S/C18H30N4O2/c1-5-14(6-2)11-21-18(19-3)22-13-17(23)20-12-15-7-9-16(24-4)10-8-15/h7-10,14H,5-6,11-13H2,1-4H3,(H,20,23)(H2,19,21,22). The molecule has 0 unspecified atom stereocenters. The molecule has 0 saturated carbocycles. The van der Waals surface area contributed by atoms with Gasteiger partial charge in [0.25, 0.3) is 0 Å². The summed E-state index contributed by atoms with van der Waals surface area (Å²) in [6, 6.07) is 7.62. The fourth-order valence-corrected chi connectivity index (χ4v) is 2.21. The number of methoxy groups -OCH3 is 1. The average molecular weight is 334 g/mol. The molecule has 0 saturated heterocycles. The van der Waals surface area contributed by atoms with E-state index in [1.807, 2.05) is 24.3 Å². The molecule has 0 radical (unpaired) electrons. The first kappa shape index (κ1) is 19.8. The van der Waals surface area contributed by atoms with Crippen LogP contribution in [-0.2, 0) is 11.3 Å². The van der Waals surface area contributed by atoms with Gasteiger partial charge in [-0.15, -0.1) is 0 Å². The van der Waals surface area contributed by atoms with E-state index in [1.165, 1.54) is 0 Å². The van der Waals surface area contributed by atoms with Crippen molar-refractivity contribution in [2.45, 2.75) is 33.2 Å². The number of amides is 1. The van der Waals surface area contributed by atoms with Crippen molar-refractivity contribution in [3.8, 4) is 5.75 Å². The van der Waals surface area contributed by atoms with Crippen LogP contribution in [0.25, 0.3) is 0 Å². The molecular weight excluding hydrogens is 304 g/mol. The van der Waals surface area contributed by atoms with Crippen molar-refractivity contribution in [1.29, 1.82) is 0 Å². The first-order valence-corrected chi connectivity index (χ1v) is 8.47. The lowest BCUT2D eigenvalue weighted by molar-refractivity contribution is -0.120. The number of carbonyl (C=O) groups excluding carboxylic acids is 1. The van der Waals surface area contributed by atoms with Gasteiger partial charge in [-0.25, -0.2) is 0 Å². The number of nitrogens with zero attached hydrogens (tertiary/aromatic N) is 1. The molecule has 0 bridgehead atoms. The second-order valence-corrected chi connectivity index (χ2v) is 5.61. The first-order chi connectivity index (χ1) is 11.6. The summed E-state index contributed by atoms with van der Waals surface area (Å²) in [5.74, 6) is 2.00. The Morgan fingerprint density at radius 3 is 2.33 bits per heavy atom. The lowest BCUT2D eigenvalue weighted by Crippen LogP contribution is -2.44. The summed E-state index contributed by atoms with van der Waals surface area (Å²) in [5.41, 5.74) is 1.03. The lowest BCUT2D eigenvalue weighted by Gasteiger charge is -2.16. The van der Waals surface area contributed by atoms with E-state index in [4.69, 9.17) is 4.74 Å². The van der Waals surface area contributed by atoms with Gasteiger partial charge in [-0.1, -0.05) is 38.8 Å². The van der Waals surface area contributed by atoms with Crippen LogP contribution in [0.5, 0.6) is 5.75 Å². The minimum atomic E-state index is -0.0729. The highest BCUT2D eigenvalue weighted by molar-refractivity contribution is 5.86. The summed E-state index contributed by atoms with van der Waals surface area (Å²) in [4.78, 5) is 16.1. The van der Waals surface area contributed by atoms with Crippen LogP contribution in [0.4, 0.5) is 0 Å². The normalized spacial score (nSPS) is 11.3. The van der Waals surface area contributed by atoms with Gasteiger partial charge in [-0.3, -0.25) is 9.79 Å². The van der Waals surface area contributed by atoms with Crippen LogP contribution in [0.3, 0.4) is 0 Å². The minimum absolute atomic E-state index is 0.0729. The van der Waals surface area contributed by atoms with Gasteiger partial charge in [0, 0.05) is 20.1 Å². The fraction of sp³-hybridized carbons (Fsp3) is 0.556. The predicted octanol–water partition coefficient (Wildman–Crippen LogP) is 1.91. The van der Waals surface area contributed by atoms with E-state index in [2.05, 4.69) is 34.8 Å². The third-order valence-electron chi connectivity index (χ3n) is 4.00. The molecule has 0 fully saturated rings. The van der Waals surface area contributed by atoms with Gasteiger partial charge < -0.3 is 20.7 Å². The van der Waals surface area contributed by atoms with Gasteiger partial charge >= 0.3 is 0 Å². The first-order valence-electron chi connectivity index (χ1n) is 8.47. The van der Waals surface area contributed by atoms with Crippen molar-refractivity contribution < 1.29 is 9.53 Å². The van der Waals surface area contributed by atoms with E-state index >= 15 is 0 Å². The Kier molecular flexibility index (Phi) is 9.34. The molecule has 1 rings (SSSR count). The van der Waals surface area contributed by atoms with E-state index in [1.54, 1.807) is 14.2 Å². The summed E-state index contributed by atoms with van der Waals surface area (Å²) in [5, 5.41) is 9.17. The van der Waals surface area contributed by atoms with Crippen LogP contribution >= 0.6 is 0 Å². The van der Waals surface area contributed by atoms with Gasteiger partial charge in [0.05, 0.1) is 13.7 Å². The molecule has 3 N–H and O–H groups in total. The molecule has 6 heteroatoms. The van der Waals surface area contributed by atoms with E-state index in [-0.39, 0.29) is 12.5 Å². The smallest absolute Gasteiger partial charge is 0.239 e. The number of hydrogen-bond acceptors (Lipinski definition) is 3. The number of guanidine groups is 1. The number of rotatable bonds is 9. The largest absolute Gasteiger partial charge is 0.497 e. The molecule has 1 aromatic carbocycles. The lowest BCUT2D eigenvalue weighted by atomic mass is 10.0. The monoisotopic (exact) mass is 334 g/mol. The zero-order valence-corrected chi connectivity index (χ0v) is 15.2. The summed E-state index contributed by atoms with van der Waals surface area (Å²) < 4.78 is 5.11. The van der Waals surface area contributed by atoms with Crippen LogP contribution in [0.15, 0.2) is 29.3 Å². The Morgan fingerprint density at radius 2 is 1.79 bits per heavy atom. The number of nitrogens with one attached hydrogen (secondary N) is 3. The second kappa shape index (κ2) is 11.3. The van der Waals surface area contributed by atoms with Gasteiger partial charge in [0.2, 0.25) is 5.91 Å². The number of aliphatic imine (C=N–C) groups is 1. The molecule has 0 aromatic heterocycles. The summed E-state index contributed by atoms with van der Waals surface area (Å²) >= 11 is 0. The molecule has 6 nitrogen and oxygen atoms in total. The maximum absolute atomic E-state index is 11.9. The van der Waals surface area contributed by atoms with Gasteiger partial charge in [0.1, 0.15) is 5.75 Å². The van der Waals surface area contributed by atoms with Crippen molar-refractivity contribution in [3.05, 3.63) is 29.8 Å². The molecule has 0 aliphatic rings. The summed E-state index contributed by atoms with van der Waals surface area (Å²) in [7, 11) is 3.34. The molecule has 0 heterocycles. The van der Waals surface area contributed by atoms with E-state index in [9.17, 15) is 4.79 Å². The zero-order valence-electron chi connectivity index (χ0n) is 15.2. The molecule has 24 heavy (non-hydrogen) atoms.